The van der Waals surface area contributed by atoms with Crippen molar-refractivity contribution in [1.29, 1.82) is 0 Å². The first kappa shape index (κ1) is 13.7. The first-order valence-electron chi connectivity index (χ1n) is 6.04. The number of hydrogen-bond donors (Lipinski definition) is 1. The van der Waals surface area contributed by atoms with Gasteiger partial charge in [0.15, 0.2) is 0 Å². The molecule has 0 spiro atoms. The van der Waals surface area contributed by atoms with E-state index in [0.717, 1.165) is 28.2 Å². The molecule has 0 radical (unpaired) electrons. The van der Waals surface area contributed by atoms with E-state index in [9.17, 15) is 0 Å². The Morgan fingerprint density at radius 3 is 2.58 bits per heavy atom. The molecule has 0 heterocycles. The van der Waals surface area contributed by atoms with E-state index in [0.29, 0.717) is 6.61 Å². The molecule has 0 aliphatic carbocycles. The molecule has 0 aromatic heterocycles. The lowest BCUT2D eigenvalue weighted by Crippen LogP contribution is -2.11. The predicted molar refractivity (Wildman–Crippen MR) is 81.1 cm³/mol. The molecule has 0 atom stereocenters. The third-order valence-electron chi connectivity index (χ3n) is 2.55. The molecule has 1 N–H and O–H groups in total. The van der Waals surface area contributed by atoms with Gasteiger partial charge in [-0.3, -0.25) is 0 Å². The van der Waals surface area contributed by atoms with Gasteiger partial charge in [0.05, 0.1) is 7.11 Å². The van der Waals surface area contributed by atoms with Crippen LogP contribution in [0.15, 0.2) is 53.0 Å². The first-order valence-corrected chi connectivity index (χ1v) is 6.83. The predicted octanol–water partition coefficient (Wildman–Crippen LogP) is 3.95. The molecule has 19 heavy (non-hydrogen) atoms. The van der Waals surface area contributed by atoms with Gasteiger partial charge in [-0.05, 0) is 24.3 Å². The highest BCUT2D eigenvalue weighted by molar-refractivity contribution is 9.10. The zero-order chi connectivity index (χ0) is 13.5. The molecule has 4 heteroatoms. The minimum Gasteiger partial charge on any atom is -0.497 e. The SMILES string of the molecule is COc1cc(Br)cc(NCCOc2ccccc2)c1. The average Bonchev–Trinajstić information content (AvgIpc) is 2.44. The molecule has 2 aromatic rings. The van der Waals surface area contributed by atoms with Gasteiger partial charge in [-0.15, -0.1) is 0 Å². The van der Waals surface area contributed by atoms with E-state index in [2.05, 4.69) is 21.2 Å². The first-order chi connectivity index (χ1) is 9.28. The van der Waals surface area contributed by atoms with Gasteiger partial charge < -0.3 is 14.8 Å². The molecule has 0 unspecified atom stereocenters. The van der Waals surface area contributed by atoms with E-state index in [1.54, 1.807) is 7.11 Å². The van der Waals surface area contributed by atoms with Gasteiger partial charge in [-0.1, -0.05) is 34.1 Å². The maximum Gasteiger partial charge on any atom is 0.122 e. The van der Waals surface area contributed by atoms with Crippen LogP contribution in [0.3, 0.4) is 0 Å². The molecule has 100 valence electrons. The fraction of sp³-hybridized carbons (Fsp3) is 0.200. The number of para-hydroxylation sites is 1. The minimum atomic E-state index is 0.610. The number of anilines is 1. The van der Waals surface area contributed by atoms with Gasteiger partial charge in [0.25, 0.3) is 0 Å². The Morgan fingerprint density at radius 2 is 1.84 bits per heavy atom. The van der Waals surface area contributed by atoms with Crippen molar-refractivity contribution in [2.45, 2.75) is 0 Å². The summed E-state index contributed by atoms with van der Waals surface area (Å²) < 4.78 is 11.8. The molecule has 0 bridgehead atoms. The highest BCUT2D eigenvalue weighted by Crippen LogP contribution is 2.24. The average molecular weight is 322 g/mol. The van der Waals surface area contributed by atoms with Crippen LogP contribution in [-0.4, -0.2) is 20.3 Å². The van der Waals surface area contributed by atoms with E-state index in [1.807, 2.05) is 48.5 Å². The second-order valence-corrected chi connectivity index (χ2v) is 4.88. The molecule has 2 rings (SSSR count). The van der Waals surface area contributed by atoms with Crippen molar-refractivity contribution < 1.29 is 9.47 Å². The Bertz CT molecular complexity index is 517. The summed E-state index contributed by atoms with van der Waals surface area (Å²) in [6, 6.07) is 15.7. The van der Waals surface area contributed by atoms with Crippen LogP contribution in [-0.2, 0) is 0 Å². The number of benzene rings is 2. The van der Waals surface area contributed by atoms with Crippen molar-refractivity contribution in [3.63, 3.8) is 0 Å². The molecular formula is C15H16BrNO2. The van der Waals surface area contributed by atoms with Crippen molar-refractivity contribution in [1.82, 2.24) is 0 Å². The topological polar surface area (TPSA) is 30.5 Å². The summed E-state index contributed by atoms with van der Waals surface area (Å²) in [6.07, 6.45) is 0. The second kappa shape index (κ2) is 7.04. The zero-order valence-electron chi connectivity index (χ0n) is 10.7. The van der Waals surface area contributed by atoms with Crippen LogP contribution in [0.1, 0.15) is 0 Å². The third kappa shape index (κ3) is 4.48. The standard InChI is InChI=1S/C15H16BrNO2/c1-18-15-10-12(16)9-13(11-15)17-7-8-19-14-5-3-2-4-6-14/h2-6,9-11,17H,7-8H2,1H3. The van der Waals surface area contributed by atoms with Gasteiger partial charge in [-0.2, -0.15) is 0 Å². The zero-order valence-corrected chi connectivity index (χ0v) is 12.3. The Kier molecular flexibility index (Phi) is 5.10. The molecule has 2 aromatic carbocycles. The Labute approximate surface area is 121 Å². The smallest absolute Gasteiger partial charge is 0.122 e. The lowest BCUT2D eigenvalue weighted by atomic mass is 10.3. The largest absolute Gasteiger partial charge is 0.497 e. The summed E-state index contributed by atoms with van der Waals surface area (Å²) in [6.45, 7) is 1.34. The Morgan fingerprint density at radius 1 is 1.05 bits per heavy atom. The van der Waals surface area contributed by atoms with Crippen molar-refractivity contribution in [2.24, 2.45) is 0 Å². The number of nitrogens with one attached hydrogen (secondary N) is 1. The third-order valence-corrected chi connectivity index (χ3v) is 3.01. The lowest BCUT2D eigenvalue weighted by molar-refractivity contribution is 0.333. The lowest BCUT2D eigenvalue weighted by Gasteiger charge is -2.10. The highest BCUT2D eigenvalue weighted by atomic mass is 79.9. The van der Waals surface area contributed by atoms with Crippen LogP contribution in [0.25, 0.3) is 0 Å². The number of rotatable bonds is 6. The number of ether oxygens (including phenoxy) is 2. The van der Waals surface area contributed by atoms with Crippen LogP contribution in [0.5, 0.6) is 11.5 Å². The number of halogens is 1. The second-order valence-electron chi connectivity index (χ2n) is 3.97. The normalized spacial score (nSPS) is 10.0. The molecule has 0 aliphatic heterocycles. The fourth-order valence-corrected chi connectivity index (χ4v) is 2.14. The van der Waals surface area contributed by atoms with E-state index in [1.165, 1.54) is 0 Å². The van der Waals surface area contributed by atoms with Gasteiger partial charge in [0, 0.05) is 22.8 Å². The van der Waals surface area contributed by atoms with Crippen LogP contribution in [0, 0.1) is 0 Å². The summed E-state index contributed by atoms with van der Waals surface area (Å²) >= 11 is 3.45. The molecule has 0 saturated carbocycles. The van der Waals surface area contributed by atoms with Crippen molar-refractivity contribution >= 4 is 21.6 Å². The van der Waals surface area contributed by atoms with Crippen LogP contribution < -0.4 is 14.8 Å². The van der Waals surface area contributed by atoms with Gasteiger partial charge in [-0.25, -0.2) is 0 Å². The molecule has 0 fully saturated rings. The van der Waals surface area contributed by atoms with Crippen LogP contribution in [0.2, 0.25) is 0 Å². The summed E-state index contributed by atoms with van der Waals surface area (Å²) in [4.78, 5) is 0. The van der Waals surface area contributed by atoms with Gasteiger partial charge >= 0.3 is 0 Å². The molecule has 0 amide bonds. The summed E-state index contributed by atoms with van der Waals surface area (Å²) in [7, 11) is 1.66. The van der Waals surface area contributed by atoms with Crippen LogP contribution in [0.4, 0.5) is 5.69 Å². The van der Waals surface area contributed by atoms with Gasteiger partial charge in [0.1, 0.15) is 18.1 Å². The van der Waals surface area contributed by atoms with E-state index >= 15 is 0 Å². The molecular weight excluding hydrogens is 306 g/mol. The molecule has 0 aliphatic rings. The van der Waals surface area contributed by atoms with E-state index in [4.69, 9.17) is 9.47 Å². The number of hydrogen-bond acceptors (Lipinski definition) is 3. The fourth-order valence-electron chi connectivity index (χ4n) is 1.66. The Balaban J connectivity index is 1.81. The summed E-state index contributed by atoms with van der Waals surface area (Å²) in [5, 5.41) is 3.30. The van der Waals surface area contributed by atoms with Crippen molar-refractivity contribution in [2.75, 3.05) is 25.6 Å². The minimum absolute atomic E-state index is 0.610. The number of methoxy groups -OCH3 is 1. The molecule has 0 saturated heterocycles. The summed E-state index contributed by atoms with van der Waals surface area (Å²) in [5.74, 6) is 1.71. The Hall–Kier alpha value is -1.68. The van der Waals surface area contributed by atoms with E-state index in [-0.39, 0.29) is 0 Å². The highest BCUT2D eigenvalue weighted by Gasteiger charge is 1.99. The van der Waals surface area contributed by atoms with Crippen molar-refractivity contribution in [3.8, 4) is 11.5 Å². The van der Waals surface area contributed by atoms with Crippen LogP contribution >= 0.6 is 15.9 Å². The molecule has 3 nitrogen and oxygen atoms in total. The summed E-state index contributed by atoms with van der Waals surface area (Å²) in [5.41, 5.74) is 1.00. The quantitative estimate of drug-likeness (QED) is 0.817. The van der Waals surface area contributed by atoms with Gasteiger partial charge in [0.2, 0.25) is 0 Å². The maximum absolute atomic E-state index is 5.61. The van der Waals surface area contributed by atoms with E-state index < -0.39 is 0 Å². The monoisotopic (exact) mass is 321 g/mol. The maximum atomic E-state index is 5.61. The van der Waals surface area contributed by atoms with Crippen molar-refractivity contribution in [3.05, 3.63) is 53.0 Å².